The van der Waals surface area contributed by atoms with E-state index in [1.807, 2.05) is 13.0 Å². The Kier molecular flexibility index (Phi) is 3.97. The number of hydrogen-bond donors (Lipinski definition) is 2. The molecular weight excluding hydrogens is 294 g/mol. The van der Waals surface area contributed by atoms with Crippen LogP contribution in [0.4, 0.5) is 11.4 Å². The number of benzene rings is 2. The van der Waals surface area contributed by atoms with E-state index < -0.39 is 4.92 Å². The number of phenolic OH excluding ortho intramolecular Hbond substituents is 1. The fraction of sp³-hybridized carbons (Fsp3) is 0.235. The van der Waals surface area contributed by atoms with Crippen molar-refractivity contribution in [2.75, 3.05) is 5.43 Å². The molecule has 0 fully saturated rings. The van der Waals surface area contributed by atoms with Crippen LogP contribution in [0.2, 0.25) is 0 Å². The lowest BCUT2D eigenvalue weighted by Gasteiger charge is -2.21. The molecule has 1 aliphatic carbocycles. The Labute approximate surface area is 133 Å². The van der Waals surface area contributed by atoms with E-state index in [0.29, 0.717) is 5.69 Å². The van der Waals surface area contributed by atoms with Gasteiger partial charge in [0.05, 0.1) is 10.6 Å². The SMILES string of the molecule is Cc1ccc(O)c2c1CCC/C2=N\Nc1ccccc1[N+](=O)[O-]. The second-order valence-corrected chi connectivity index (χ2v) is 5.55. The van der Waals surface area contributed by atoms with Crippen LogP contribution in [0.1, 0.15) is 29.5 Å². The van der Waals surface area contributed by atoms with E-state index in [4.69, 9.17) is 0 Å². The molecule has 0 aliphatic heterocycles. The van der Waals surface area contributed by atoms with E-state index in [2.05, 4.69) is 10.5 Å². The van der Waals surface area contributed by atoms with E-state index in [0.717, 1.165) is 41.7 Å². The Morgan fingerprint density at radius 3 is 2.78 bits per heavy atom. The molecule has 0 radical (unpaired) electrons. The van der Waals surface area contributed by atoms with E-state index in [1.165, 1.54) is 6.07 Å². The lowest BCUT2D eigenvalue weighted by molar-refractivity contribution is -0.384. The summed E-state index contributed by atoms with van der Waals surface area (Å²) in [4.78, 5) is 10.6. The molecule has 0 bridgehead atoms. The number of nitrogens with zero attached hydrogens (tertiary/aromatic N) is 2. The number of anilines is 1. The van der Waals surface area contributed by atoms with Gasteiger partial charge in [0.25, 0.3) is 5.69 Å². The second kappa shape index (κ2) is 6.08. The van der Waals surface area contributed by atoms with Gasteiger partial charge in [-0.15, -0.1) is 0 Å². The summed E-state index contributed by atoms with van der Waals surface area (Å²) in [5.41, 5.74) is 6.80. The van der Waals surface area contributed by atoms with Gasteiger partial charge in [-0.05, 0) is 49.4 Å². The van der Waals surface area contributed by atoms with Gasteiger partial charge in [0.15, 0.2) is 0 Å². The molecular formula is C17H17N3O3. The number of nitrogens with one attached hydrogen (secondary N) is 1. The van der Waals surface area contributed by atoms with E-state index in [-0.39, 0.29) is 11.4 Å². The third-order valence-electron chi connectivity index (χ3n) is 4.07. The van der Waals surface area contributed by atoms with Crippen molar-refractivity contribution in [1.29, 1.82) is 0 Å². The van der Waals surface area contributed by atoms with Gasteiger partial charge in [0, 0.05) is 11.6 Å². The summed E-state index contributed by atoms with van der Waals surface area (Å²) in [7, 11) is 0. The van der Waals surface area contributed by atoms with Crippen molar-refractivity contribution >= 4 is 17.1 Å². The summed E-state index contributed by atoms with van der Waals surface area (Å²) in [6, 6.07) is 9.93. The first kappa shape index (κ1) is 15.0. The summed E-state index contributed by atoms with van der Waals surface area (Å²) >= 11 is 0. The fourth-order valence-electron chi connectivity index (χ4n) is 2.91. The number of fused-ring (bicyclic) bond motifs is 1. The second-order valence-electron chi connectivity index (χ2n) is 5.55. The highest BCUT2D eigenvalue weighted by molar-refractivity contribution is 6.05. The predicted octanol–water partition coefficient (Wildman–Crippen LogP) is 3.76. The van der Waals surface area contributed by atoms with Crippen LogP contribution in [0, 0.1) is 17.0 Å². The maximum Gasteiger partial charge on any atom is 0.294 e. The molecule has 0 atom stereocenters. The molecule has 2 N–H and O–H groups in total. The van der Waals surface area contributed by atoms with Crippen molar-refractivity contribution in [3.8, 4) is 5.75 Å². The Hall–Kier alpha value is -2.89. The van der Waals surface area contributed by atoms with Crippen molar-refractivity contribution in [2.45, 2.75) is 26.2 Å². The fourth-order valence-corrected chi connectivity index (χ4v) is 2.91. The molecule has 118 valence electrons. The first-order valence-electron chi connectivity index (χ1n) is 7.45. The number of hydrazone groups is 1. The normalized spacial score (nSPS) is 15.3. The van der Waals surface area contributed by atoms with Crippen LogP contribution < -0.4 is 5.43 Å². The Morgan fingerprint density at radius 1 is 1.22 bits per heavy atom. The summed E-state index contributed by atoms with van der Waals surface area (Å²) in [6.45, 7) is 2.01. The van der Waals surface area contributed by atoms with Gasteiger partial charge in [0.1, 0.15) is 11.4 Å². The smallest absolute Gasteiger partial charge is 0.294 e. The molecule has 2 aromatic rings. The van der Waals surface area contributed by atoms with Gasteiger partial charge < -0.3 is 5.11 Å². The number of nitro benzene ring substituents is 1. The number of aryl methyl sites for hydroxylation is 1. The van der Waals surface area contributed by atoms with Crippen LogP contribution >= 0.6 is 0 Å². The molecule has 6 nitrogen and oxygen atoms in total. The van der Waals surface area contributed by atoms with Crippen molar-refractivity contribution in [3.05, 3.63) is 63.2 Å². The molecule has 6 heteroatoms. The largest absolute Gasteiger partial charge is 0.507 e. The average Bonchev–Trinajstić information content (AvgIpc) is 2.56. The Morgan fingerprint density at radius 2 is 2.00 bits per heavy atom. The van der Waals surface area contributed by atoms with Gasteiger partial charge in [-0.25, -0.2) is 0 Å². The molecule has 1 aliphatic rings. The third-order valence-corrected chi connectivity index (χ3v) is 4.07. The van der Waals surface area contributed by atoms with Crippen LogP contribution in [0.25, 0.3) is 0 Å². The molecule has 0 heterocycles. The zero-order valence-corrected chi connectivity index (χ0v) is 12.7. The monoisotopic (exact) mass is 311 g/mol. The number of para-hydroxylation sites is 2. The highest BCUT2D eigenvalue weighted by Gasteiger charge is 2.21. The minimum atomic E-state index is -0.445. The van der Waals surface area contributed by atoms with Gasteiger partial charge in [-0.2, -0.15) is 5.10 Å². The molecule has 0 unspecified atom stereocenters. The minimum Gasteiger partial charge on any atom is -0.507 e. The van der Waals surface area contributed by atoms with Gasteiger partial charge in [-0.3, -0.25) is 15.5 Å². The molecule has 0 amide bonds. The highest BCUT2D eigenvalue weighted by atomic mass is 16.6. The lowest BCUT2D eigenvalue weighted by atomic mass is 9.86. The maximum absolute atomic E-state index is 11.0. The molecule has 2 aromatic carbocycles. The average molecular weight is 311 g/mol. The van der Waals surface area contributed by atoms with Crippen LogP contribution in [0.5, 0.6) is 5.75 Å². The number of nitro groups is 1. The molecule has 0 aromatic heterocycles. The van der Waals surface area contributed by atoms with Gasteiger partial charge in [-0.1, -0.05) is 18.2 Å². The number of aromatic hydroxyl groups is 1. The number of phenols is 1. The van der Waals surface area contributed by atoms with E-state index in [9.17, 15) is 15.2 Å². The zero-order chi connectivity index (χ0) is 16.4. The third kappa shape index (κ3) is 2.88. The summed E-state index contributed by atoms with van der Waals surface area (Å²) in [5.74, 6) is 0.202. The van der Waals surface area contributed by atoms with Crippen molar-refractivity contribution in [1.82, 2.24) is 0 Å². The van der Waals surface area contributed by atoms with Crippen molar-refractivity contribution < 1.29 is 10.0 Å². The first-order valence-corrected chi connectivity index (χ1v) is 7.45. The van der Waals surface area contributed by atoms with Crippen LogP contribution in [-0.2, 0) is 6.42 Å². The molecule has 0 spiro atoms. The van der Waals surface area contributed by atoms with Crippen molar-refractivity contribution in [2.24, 2.45) is 5.10 Å². The van der Waals surface area contributed by atoms with Crippen molar-refractivity contribution in [3.63, 3.8) is 0 Å². The Balaban J connectivity index is 1.98. The minimum absolute atomic E-state index is 0.0265. The van der Waals surface area contributed by atoms with Gasteiger partial charge in [0.2, 0.25) is 0 Å². The Bertz CT molecular complexity index is 800. The molecule has 23 heavy (non-hydrogen) atoms. The van der Waals surface area contributed by atoms with Gasteiger partial charge >= 0.3 is 0 Å². The molecule has 3 rings (SSSR count). The summed E-state index contributed by atoms with van der Waals surface area (Å²) in [6.07, 6.45) is 2.56. The van der Waals surface area contributed by atoms with Crippen LogP contribution in [0.15, 0.2) is 41.5 Å². The molecule has 0 saturated heterocycles. The standard InChI is InChI=1S/C17H17N3O3/c1-11-9-10-16(21)17-12(11)5-4-7-14(17)19-18-13-6-2-3-8-15(13)20(22)23/h2-3,6,8-10,18,21H,4-5,7H2,1H3/b19-14+. The summed E-state index contributed by atoms with van der Waals surface area (Å²) in [5, 5.41) is 25.6. The lowest BCUT2D eigenvalue weighted by Crippen LogP contribution is -2.15. The highest BCUT2D eigenvalue weighted by Crippen LogP contribution is 2.32. The predicted molar refractivity (Wildman–Crippen MR) is 89.0 cm³/mol. The number of rotatable bonds is 3. The van der Waals surface area contributed by atoms with E-state index >= 15 is 0 Å². The summed E-state index contributed by atoms with van der Waals surface area (Å²) < 4.78 is 0. The topological polar surface area (TPSA) is 87.8 Å². The molecule has 0 saturated carbocycles. The van der Waals surface area contributed by atoms with E-state index in [1.54, 1.807) is 24.3 Å². The van der Waals surface area contributed by atoms with Crippen LogP contribution in [-0.4, -0.2) is 15.7 Å². The quantitative estimate of drug-likeness (QED) is 0.667. The van der Waals surface area contributed by atoms with Crippen LogP contribution in [0.3, 0.4) is 0 Å². The first-order chi connectivity index (χ1) is 11.1. The number of hydrogen-bond acceptors (Lipinski definition) is 5. The zero-order valence-electron chi connectivity index (χ0n) is 12.7. The maximum atomic E-state index is 11.0.